The first-order chi connectivity index (χ1) is 15.7. The fourth-order valence-electron chi connectivity index (χ4n) is 4.22. The summed E-state index contributed by atoms with van der Waals surface area (Å²) in [5.41, 5.74) is 3.97. The van der Waals surface area contributed by atoms with Gasteiger partial charge in [0.15, 0.2) is 0 Å². The first-order valence-corrected chi connectivity index (χ1v) is 11.4. The van der Waals surface area contributed by atoms with Gasteiger partial charge in [0.1, 0.15) is 0 Å². The third-order valence-corrected chi connectivity index (χ3v) is 5.95. The lowest BCUT2D eigenvalue weighted by Gasteiger charge is -2.20. The highest BCUT2D eigenvalue weighted by Gasteiger charge is 2.21. The van der Waals surface area contributed by atoms with Crippen LogP contribution in [0, 0.1) is 5.92 Å². The molecular weight excluding hydrogens is 400 g/mol. The van der Waals surface area contributed by atoms with Gasteiger partial charge in [0.2, 0.25) is 11.8 Å². The van der Waals surface area contributed by atoms with Crippen LogP contribution in [0.5, 0.6) is 0 Å². The normalized spacial score (nSPS) is 14.1. The molecule has 0 atom stereocenters. The maximum Gasteiger partial charge on any atom is 0.239 e. The summed E-state index contributed by atoms with van der Waals surface area (Å²) in [6, 6.07) is 20.1. The second kappa shape index (κ2) is 10.8. The van der Waals surface area contributed by atoms with Gasteiger partial charge < -0.3 is 10.6 Å². The maximum atomic E-state index is 12.4. The standard InChI is InChI=1S/C26H30N4O2/c31-24(17-28-26(32)22-14-8-3-9-15-22)27-16-23-19-30(18-20-10-4-1-5-11-20)29-25(23)21-12-6-2-7-13-21/h1-2,4-7,10-13,19,22H,3,8-9,14-18H2,(H,27,31)(H,28,32). The monoisotopic (exact) mass is 430 g/mol. The van der Waals surface area contributed by atoms with Gasteiger partial charge in [-0.2, -0.15) is 5.10 Å². The van der Waals surface area contributed by atoms with E-state index in [1.165, 1.54) is 6.42 Å². The topological polar surface area (TPSA) is 76.0 Å². The van der Waals surface area contributed by atoms with Gasteiger partial charge in [-0.3, -0.25) is 14.3 Å². The molecule has 2 amide bonds. The Morgan fingerprint density at radius 2 is 1.59 bits per heavy atom. The van der Waals surface area contributed by atoms with Gasteiger partial charge in [0.05, 0.1) is 18.8 Å². The van der Waals surface area contributed by atoms with E-state index in [1.807, 2.05) is 59.4 Å². The zero-order chi connectivity index (χ0) is 22.2. The smallest absolute Gasteiger partial charge is 0.239 e. The van der Waals surface area contributed by atoms with Crippen molar-refractivity contribution in [2.24, 2.45) is 5.92 Å². The van der Waals surface area contributed by atoms with Crippen LogP contribution in [-0.4, -0.2) is 28.1 Å². The molecule has 0 bridgehead atoms. The van der Waals surface area contributed by atoms with Gasteiger partial charge in [-0.1, -0.05) is 79.9 Å². The maximum absolute atomic E-state index is 12.4. The van der Waals surface area contributed by atoms with Crippen molar-refractivity contribution >= 4 is 11.8 Å². The number of nitrogens with zero attached hydrogens (tertiary/aromatic N) is 2. The molecule has 0 aliphatic heterocycles. The first-order valence-electron chi connectivity index (χ1n) is 11.4. The predicted octanol–water partition coefficient (Wildman–Crippen LogP) is 3.91. The Hall–Kier alpha value is -3.41. The van der Waals surface area contributed by atoms with Crippen LogP contribution in [0.2, 0.25) is 0 Å². The highest BCUT2D eigenvalue weighted by atomic mass is 16.2. The average Bonchev–Trinajstić information content (AvgIpc) is 3.25. The van der Waals surface area contributed by atoms with E-state index in [0.717, 1.165) is 48.1 Å². The lowest BCUT2D eigenvalue weighted by molar-refractivity contribution is -0.129. The molecule has 0 unspecified atom stereocenters. The van der Waals surface area contributed by atoms with Crippen LogP contribution in [-0.2, 0) is 22.7 Å². The summed E-state index contributed by atoms with van der Waals surface area (Å²) in [7, 11) is 0. The van der Waals surface area contributed by atoms with Crippen molar-refractivity contribution < 1.29 is 9.59 Å². The van der Waals surface area contributed by atoms with E-state index in [-0.39, 0.29) is 24.3 Å². The Morgan fingerprint density at radius 3 is 2.31 bits per heavy atom. The van der Waals surface area contributed by atoms with Crippen molar-refractivity contribution in [3.63, 3.8) is 0 Å². The van der Waals surface area contributed by atoms with Gasteiger partial charge in [0.25, 0.3) is 0 Å². The molecule has 1 saturated carbocycles. The van der Waals surface area contributed by atoms with Crippen LogP contribution in [0.15, 0.2) is 66.9 Å². The molecule has 32 heavy (non-hydrogen) atoms. The summed E-state index contributed by atoms with van der Waals surface area (Å²) >= 11 is 0. The summed E-state index contributed by atoms with van der Waals surface area (Å²) in [4.78, 5) is 24.7. The molecule has 2 N–H and O–H groups in total. The molecule has 0 spiro atoms. The number of benzene rings is 2. The fraction of sp³-hybridized carbons (Fsp3) is 0.346. The second-order valence-electron chi connectivity index (χ2n) is 8.38. The third kappa shape index (κ3) is 5.84. The molecule has 6 nitrogen and oxygen atoms in total. The molecule has 4 rings (SSSR count). The summed E-state index contributed by atoms with van der Waals surface area (Å²) in [6.45, 7) is 1.03. The van der Waals surface area contributed by atoms with Crippen LogP contribution in [0.1, 0.15) is 43.2 Å². The van der Waals surface area contributed by atoms with E-state index >= 15 is 0 Å². The van der Waals surface area contributed by atoms with E-state index in [4.69, 9.17) is 5.10 Å². The Balaban J connectivity index is 1.39. The molecule has 0 saturated heterocycles. The minimum Gasteiger partial charge on any atom is -0.350 e. The zero-order valence-electron chi connectivity index (χ0n) is 18.3. The Morgan fingerprint density at radius 1 is 0.906 bits per heavy atom. The summed E-state index contributed by atoms with van der Waals surface area (Å²) in [5, 5.41) is 10.5. The molecule has 166 valence electrons. The highest BCUT2D eigenvalue weighted by molar-refractivity contribution is 5.85. The number of hydrogen-bond donors (Lipinski definition) is 2. The van der Waals surface area contributed by atoms with E-state index in [0.29, 0.717) is 13.1 Å². The number of nitrogens with one attached hydrogen (secondary N) is 2. The van der Waals surface area contributed by atoms with E-state index in [2.05, 4.69) is 22.8 Å². The molecule has 1 aliphatic carbocycles. The van der Waals surface area contributed by atoms with Crippen LogP contribution in [0.3, 0.4) is 0 Å². The number of rotatable bonds is 8. The lowest BCUT2D eigenvalue weighted by Crippen LogP contribution is -2.39. The molecular formula is C26H30N4O2. The summed E-state index contributed by atoms with van der Waals surface area (Å²) in [5.74, 6) is -0.137. The molecule has 3 aromatic rings. The molecule has 1 heterocycles. The Kier molecular flexibility index (Phi) is 7.33. The second-order valence-corrected chi connectivity index (χ2v) is 8.38. The number of amides is 2. The molecule has 6 heteroatoms. The van der Waals surface area contributed by atoms with Crippen molar-refractivity contribution in [2.45, 2.75) is 45.2 Å². The number of aromatic nitrogens is 2. The number of hydrogen-bond acceptors (Lipinski definition) is 3. The molecule has 0 radical (unpaired) electrons. The predicted molar refractivity (Wildman–Crippen MR) is 125 cm³/mol. The largest absolute Gasteiger partial charge is 0.350 e. The average molecular weight is 431 g/mol. The molecule has 1 aliphatic rings. The quantitative estimate of drug-likeness (QED) is 0.569. The van der Waals surface area contributed by atoms with E-state index < -0.39 is 0 Å². The minimum absolute atomic E-state index is 0.000468. The Labute approximate surface area is 189 Å². The van der Waals surface area contributed by atoms with Crippen LogP contribution in [0.4, 0.5) is 0 Å². The third-order valence-electron chi connectivity index (χ3n) is 5.95. The van der Waals surface area contributed by atoms with Crippen molar-refractivity contribution in [3.8, 4) is 11.3 Å². The number of carbonyl (C=O) groups is 2. The van der Waals surface area contributed by atoms with Crippen molar-refractivity contribution in [2.75, 3.05) is 6.54 Å². The Bertz CT molecular complexity index is 1020. The zero-order valence-corrected chi connectivity index (χ0v) is 18.3. The van der Waals surface area contributed by atoms with Gasteiger partial charge in [0, 0.05) is 29.8 Å². The molecule has 1 aromatic heterocycles. The van der Waals surface area contributed by atoms with Gasteiger partial charge in [-0.05, 0) is 18.4 Å². The van der Waals surface area contributed by atoms with E-state index in [9.17, 15) is 9.59 Å². The van der Waals surface area contributed by atoms with Crippen LogP contribution >= 0.6 is 0 Å². The molecule has 1 fully saturated rings. The minimum atomic E-state index is -0.191. The van der Waals surface area contributed by atoms with Gasteiger partial charge in [-0.15, -0.1) is 0 Å². The van der Waals surface area contributed by atoms with E-state index in [1.54, 1.807) is 0 Å². The van der Waals surface area contributed by atoms with Crippen molar-refractivity contribution in [3.05, 3.63) is 78.0 Å². The van der Waals surface area contributed by atoms with Gasteiger partial charge in [-0.25, -0.2) is 0 Å². The molecule has 2 aromatic carbocycles. The number of carbonyl (C=O) groups excluding carboxylic acids is 2. The SMILES string of the molecule is O=C(CNC(=O)C1CCCCC1)NCc1cn(Cc2ccccc2)nc1-c1ccccc1. The van der Waals surface area contributed by atoms with Gasteiger partial charge >= 0.3 is 0 Å². The highest BCUT2D eigenvalue weighted by Crippen LogP contribution is 2.24. The summed E-state index contributed by atoms with van der Waals surface area (Å²) < 4.78 is 1.91. The van der Waals surface area contributed by atoms with Crippen molar-refractivity contribution in [1.29, 1.82) is 0 Å². The van der Waals surface area contributed by atoms with Crippen LogP contribution < -0.4 is 10.6 Å². The van der Waals surface area contributed by atoms with Crippen LogP contribution in [0.25, 0.3) is 11.3 Å². The summed E-state index contributed by atoms with van der Waals surface area (Å²) in [6.07, 6.45) is 7.23. The lowest BCUT2D eigenvalue weighted by atomic mass is 9.89. The van der Waals surface area contributed by atoms with Crippen molar-refractivity contribution in [1.82, 2.24) is 20.4 Å². The fourth-order valence-corrected chi connectivity index (χ4v) is 4.22. The first kappa shape index (κ1) is 21.8.